The van der Waals surface area contributed by atoms with E-state index in [9.17, 15) is 4.79 Å². The summed E-state index contributed by atoms with van der Waals surface area (Å²) < 4.78 is 20.7. The third-order valence-corrected chi connectivity index (χ3v) is 3.32. The van der Waals surface area contributed by atoms with E-state index in [4.69, 9.17) is 18.9 Å². The third-order valence-electron chi connectivity index (χ3n) is 3.32. The predicted octanol–water partition coefficient (Wildman–Crippen LogP) is 2.88. The Balaban J connectivity index is 2.12. The maximum atomic E-state index is 12.0. The first-order valence-corrected chi connectivity index (χ1v) is 6.39. The van der Waals surface area contributed by atoms with Gasteiger partial charge in [-0.1, -0.05) is 12.1 Å². The van der Waals surface area contributed by atoms with E-state index in [1.807, 2.05) is 24.3 Å². The lowest BCUT2D eigenvalue weighted by Crippen LogP contribution is -2.03. The van der Waals surface area contributed by atoms with Gasteiger partial charge in [0.05, 0.1) is 19.8 Å². The summed E-state index contributed by atoms with van der Waals surface area (Å²) in [6.07, 6.45) is 0. The number of esters is 1. The number of carbonyl (C=O) groups is 1. The lowest BCUT2D eigenvalue weighted by molar-refractivity contribution is 0.0601. The first-order chi connectivity index (χ1) is 10.2. The lowest BCUT2D eigenvalue weighted by atomic mass is 9.98. The van der Waals surface area contributed by atoms with Gasteiger partial charge in [0.15, 0.2) is 11.5 Å². The van der Waals surface area contributed by atoms with Gasteiger partial charge >= 0.3 is 5.97 Å². The Morgan fingerprint density at radius 1 is 1.05 bits per heavy atom. The normalized spacial score (nSPS) is 12.1. The van der Waals surface area contributed by atoms with Crippen LogP contribution in [0.1, 0.15) is 10.4 Å². The largest absolute Gasteiger partial charge is 0.497 e. The van der Waals surface area contributed by atoms with Crippen molar-refractivity contribution in [2.45, 2.75) is 0 Å². The minimum absolute atomic E-state index is 0.155. The fraction of sp³-hybridized carbons (Fsp3) is 0.188. The molecule has 5 nitrogen and oxygen atoms in total. The van der Waals surface area contributed by atoms with Gasteiger partial charge in [-0.15, -0.1) is 0 Å². The van der Waals surface area contributed by atoms with Crippen molar-refractivity contribution >= 4 is 5.97 Å². The van der Waals surface area contributed by atoms with Gasteiger partial charge < -0.3 is 18.9 Å². The van der Waals surface area contributed by atoms with Crippen LogP contribution in [0.15, 0.2) is 36.4 Å². The van der Waals surface area contributed by atoms with Crippen LogP contribution >= 0.6 is 0 Å². The van der Waals surface area contributed by atoms with Crippen molar-refractivity contribution in [3.05, 3.63) is 42.0 Å². The van der Waals surface area contributed by atoms with Crippen molar-refractivity contribution < 1.29 is 23.7 Å². The van der Waals surface area contributed by atoms with Gasteiger partial charge in [0.25, 0.3) is 0 Å². The van der Waals surface area contributed by atoms with Crippen LogP contribution in [0.4, 0.5) is 0 Å². The molecule has 0 spiro atoms. The highest BCUT2D eigenvalue weighted by Crippen LogP contribution is 2.39. The monoisotopic (exact) mass is 286 g/mol. The Kier molecular flexibility index (Phi) is 3.39. The molecule has 0 bridgehead atoms. The smallest absolute Gasteiger partial charge is 0.338 e. The first kappa shape index (κ1) is 13.3. The number of ether oxygens (including phenoxy) is 4. The number of fused-ring (bicyclic) bond motifs is 1. The average Bonchev–Trinajstić information content (AvgIpc) is 3.00. The van der Waals surface area contributed by atoms with Crippen LogP contribution in [0.2, 0.25) is 0 Å². The first-order valence-electron chi connectivity index (χ1n) is 6.39. The molecule has 0 radical (unpaired) electrons. The number of rotatable bonds is 3. The van der Waals surface area contributed by atoms with E-state index >= 15 is 0 Å². The maximum Gasteiger partial charge on any atom is 0.338 e. The quantitative estimate of drug-likeness (QED) is 0.812. The second kappa shape index (κ2) is 5.36. The molecular formula is C16H14O5. The average molecular weight is 286 g/mol. The highest BCUT2D eigenvalue weighted by atomic mass is 16.7. The molecule has 21 heavy (non-hydrogen) atoms. The molecule has 0 aromatic heterocycles. The molecule has 0 fully saturated rings. The predicted molar refractivity (Wildman–Crippen MR) is 75.9 cm³/mol. The van der Waals surface area contributed by atoms with Crippen LogP contribution in [0, 0.1) is 0 Å². The fourth-order valence-electron chi connectivity index (χ4n) is 2.23. The summed E-state index contributed by atoms with van der Waals surface area (Å²) in [7, 11) is 2.96. The highest BCUT2D eigenvalue weighted by molar-refractivity contribution is 5.98. The summed E-state index contributed by atoms with van der Waals surface area (Å²) in [4.78, 5) is 12.0. The summed E-state index contributed by atoms with van der Waals surface area (Å²) in [5.41, 5.74) is 2.04. The minimum Gasteiger partial charge on any atom is -0.497 e. The topological polar surface area (TPSA) is 54.0 Å². The van der Waals surface area contributed by atoms with E-state index in [1.54, 1.807) is 19.2 Å². The lowest BCUT2D eigenvalue weighted by Gasteiger charge is -2.10. The molecule has 0 unspecified atom stereocenters. The number of hydrogen-bond acceptors (Lipinski definition) is 5. The Labute approximate surface area is 122 Å². The van der Waals surface area contributed by atoms with E-state index < -0.39 is 5.97 Å². The Bertz CT molecular complexity index is 676. The number of methoxy groups -OCH3 is 2. The molecule has 0 saturated carbocycles. The van der Waals surface area contributed by atoms with Crippen molar-refractivity contribution in [3.8, 4) is 28.4 Å². The molecule has 5 heteroatoms. The standard InChI is InChI=1S/C16H14O5/c1-18-11-5-3-10(4-6-11)12-7-14-15(21-9-20-14)8-13(12)16(17)19-2/h3-8H,9H2,1-2H3. The van der Waals surface area contributed by atoms with Crippen LogP contribution in [0.25, 0.3) is 11.1 Å². The van der Waals surface area contributed by atoms with Crippen molar-refractivity contribution in [3.63, 3.8) is 0 Å². The second-order valence-corrected chi connectivity index (χ2v) is 4.47. The molecule has 1 aliphatic rings. The minimum atomic E-state index is -0.417. The van der Waals surface area contributed by atoms with Crippen LogP contribution < -0.4 is 14.2 Å². The van der Waals surface area contributed by atoms with Gasteiger partial charge in [-0.25, -0.2) is 4.79 Å². The summed E-state index contributed by atoms with van der Waals surface area (Å²) in [5.74, 6) is 1.50. The number of hydrogen-bond donors (Lipinski definition) is 0. The molecule has 0 aliphatic carbocycles. The summed E-state index contributed by atoms with van der Waals surface area (Å²) >= 11 is 0. The van der Waals surface area contributed by atoms with Crippen LogP contribution in [0.3, 0.4) is 0 Å². The molecule has 0 N–H and O–H groups in total. The fourth-order valence-corrected chi connectivity index (χ4v) is 2.23. The van der Waals surface area contributed by atoms with Gasteiger partial charge in [-0.05, 0) is 29.8 Å². The van der Waals surface area contributed by atoms with Gasteiger partial charge in [0, 0.05) is 5.56 Å². The van der Waals surface area contributed by atoms with Crippen molar-refractivity contribution in [2.75, 3.05) is 21.0 Å². The SMILES string of the molecule is COC(=O)c1cc2c(cc1-c1ccc(OC)cc1)OCO2. The Morgan fingerprint density at radius 2 is 1.71 bits per heavy atom. The molecular weight excluding hydrogens is 272 g/mol. The number of carbonyl (C=O) groups excluding carboxylic acids is 1. The molecule has 2 aromatic carbocycles. The highest BCUT2D eigenvalue weighted by Gasteiger charge is 2.22. The molecule has 0 atom stereocenters. The Morgan fingerprint density at radius 3 is 2.33 bits per heavy atom. The zero-order valence-electron chi connectivity index (χ0n) is 11.7. The molecule has 1 heterocycles. The second-order valence-electron chi connectivity index (χ2n) is 4.47. The molecule has 108 valence electrons. The van der Waals surface area contributed by atoms with E-state index in [2.05, 4.69) is 0 Å². The van der Waals surface area contributed by atoms with Crippen LogP contribution in [-0.2, 0) is 4.74 Å². The maximum absolute atomic E-state index is 12.0. The summed E-state index contributed by atoms with van der Waals surface area (Å²) in [6, 6.07) is 10.9. The molecule has 1 aliphatic heterocycles. The van der Waals surface area contributed by atoms with E-state index in [-0.39, 0.29) is 6.79 Å². The van der Waals surface area contributed by atoms with Gasteiger partial charge in [-0.3, -0.25) is 0 Å². The van der Waals surface area contributed by atoms with E-state index in [0.29, 0.717) is 17.1 Å². The van der Waals surface area contributed by atoms with Crippen molar-refractivity contribution in [1.82, 2.24) is 0 Å². The van der Waals surface area contributed by atoms with Gasteiger partial charge in [0.1, 0.15) is 5.75 Å². The molecule has 3 rings (SSSR count). The molecule has 0 saturated heterocycles. The van der Waals surface area contributed by atoms with E-state index in [1.165, 1.54) is 7.11 Å². The van der Waals surface area contributed by atoms with E-state index in [0.717, 1.165) is 16.9 Å². The van der Waals surface area contributed by atoms with Gasteiger partial charge in [0.2, 0.25) is 6.79 Å². The zero-order valence-corrected chi connectivity index (χ0v) is 11.7. The molecule has 2 aromatic rings. The summed E-state index contributed by atoms with van der Waals surface area (Å²) in [6.45, 7) is 0.155. The Hall–Kier alpha value is -2.69. The van der Waals surface area contributed by atoms with Crippen molar-refractivity contribution in [1.29, 1.82) is 0 Å². The zero-order chi connectivity index (χ0) is 14.8. The van der Waals surface area contributed by atoms with Crippen LogP contribution in [-0.4, -0.2) is 27.0 Å². The van der Waals surface area contributed by atoms with Crippen LogP contribution in [0.5, 0.6) is 17.2 Å². The van der Waals surface area contributed by atoms with Crippen molar-refractivity contribution in [2.24, 2.45) is 0 Å². The third kappa shape index (κ3) is 2.38. The molecule has 0 amide bonds. The van der Waals surface area contributed by atoms with Gasteiger partial charge in [-0.2, -0.15) is 0 Å². The summed E-state index contributed by atoms with van der Waals surface area (Å²) in [5, 5.41) is 0. The number of benzene rings is 2.